The summed E-state index contributed by atoms with van der Waals surface area (Å²) >= 11 is 0. The van der Waals surface area contributed by atoms with Crippen molar-refractivity contribution >= 4 is 16.8 Å². The Morgan fingerprint density at radius 2 is 1.89 bits per heavy atom. The lowest BCUT2D eigenvalue weighted by atomic mass is 10.1. The van der Waals surface area contributed by atoms with E-state index in [9.17, 15) is 4.79 Å². The van der Waals surface area contributed by atoms with Gasteiger partial charge in [0.15, 0.2) is 6.61 Å². The molecule has 27 heavy (non-hydrogen) atoms. The normalized spacial score (nSPS) is 15.8. The van der Waals surface area contributed by atoms with E-state index >= 15 is 0 Å². The third-order valence-electron chi connectivity index (χ3n) is 5.64. The summed E-state index contributed by atoms with van der Waals surface area (Å²) in [7, 11) is 0. The first-order valence-corrected chi connectivity index (χ1v) is 9.51. The van der Waals surface area contributed by atoms with Crippen molar-refractivity contribution in [2.24, 2.45) is 0 Å². The molecule has 1 aliphatic rings. The number of amides is 1. The number of ether oxygens (including phenoxy) is 1. The number of aromatic amines is 1. The number of nitrogens with one attached hydrogen (secondary N) is 2. The minimum atomic E-state index is -0.0639. The standard InChI is InChI=1S/C23H26N2O2/c1-13-5-8-20-18(9-13)19-10-17(11-21(19)25-20)24-22(26)12-27-23-15(3)7-6-14(2)16(23)4/h5-9,17,25H,10-12H2,1-4H3,(H,24,26). The van der Waals surface area contributed by atoms with Crippen LogP contribution >= 0.6 is 0 Å². The summed E-state index contributed by atoms with van der Waals surface area (Å²) in [6, 6.07) is 10.7. The highest BCUT2D eigenvalue weighted by molar-refractivity contribution is 5.86. The Balaban J connectivity index is 1.40. The first kappa shape index (κ1) is 17.7. The van der Waals surface area contributed by atoms with Gasteiger partial charge in [0.25, 0.3) is 5.91 Å². The van der Waals surface area contributed by atoms with Gasteiger partial charge >= 0.3 is 0 Å². The molecule has 2 N–H and O–H groups in total. The summed E-state index contributed by atoms with van der Waals surface area (Å²) < 4.78 is 5.85. The molecule has 1 aliphatic carbocycles. The van der Waals surface area contributed by atoms with Crippen molar-refractivity contribution in [1.29, 1.82) is 0 Å². The van der Waals surface area contributed by atoms with Gasteiger partial charge in [-0.05, 0) is 68.5 Å². The van der Waals surface area contributed by atoms with Crippen LogP contribution in [0.15, 0.2) is 30.3 Å². The number of carbonyl (C=O) groups is 1. The van der Waals surface area contributed by atoms with Crippen LogP contribution in [-0.2, 0) is 17.6 Å². The molecule has 0 bridgehead atoms. The summed E-state index contributed by atoms with van der Waals surface area (Å²) in [5.74, 6) is 0.759. The number of benzene rings is 2. The van der Waals surface area contributed by atoms with Gasteiger partial charge < -0.3 is 15.0 Å². The van der Waals surface area contributed by atoms with Gasteiger partial charge in [0, 0.05) is 29.1 Å². The molecule has 0 spiro atoms. The minimum Gasteiger partial charge on any atom is -0.483 e. The zero-order valence-corrected chi connectivity index (χ0v) is 16.4. The molecule has 1 amide bonds. The van der Waals surface area contributed by atoms with Crippen LogP contribution in [0, 0.1) is 27.7 Å². The lowest BCUT2D eigenvalue weighted by molar-refractivity contribution is -0.123. The number of aromatic nitrogens is 1. The van der Waals surface area contributed by atoms with Gasteiger partial charge in [0.1, 0.15) is 5.75 Å². The Kier molecular flexibility index (Phi) is 4.42. The van der Waals surface area contributed by atoms with Gasteiger partial charge in [-0.15, -0.1) is 0 Å². The lowest BCUT2D eigenvalue weighted by Gasteiger charge is -2.16. The molecule has 1 aromatic heterocycles. The van der Waals surface area contributed by atoms with Gasteiger partial charge in [-0.1, -0.05) is 23.8 Å². The Hall–Kier alpha value is -2.75. The maximum Gasteiger partial charge on any atom is 0.258 e. The Morgan fingerprint density at radius 1 is 1.11 bits per heavy atom. The maximum atomic E-state index is 12.4. The maximum absolute atomic E-state index is 12.4. The molecule has 4 rings (SSSR count). The van der Waals surface area contributed by atoms with E-state index < -0.39 is 0 Å². The molecule has 0 saturated heterocycles. The number of hydrogen-bond donors (Lipinski definition) is 2. The first-order valence-electron chi connectivity index (χ1n) is 9.51. The summed E-state index contributed by atoms with van der Waals surface area (Å²) in [6.45, 7) is 8.26. The largest absolute Gasteiger partial charge is 0.483 e. The molecular weight excluding hydrogens is 336 g/mol. The molecule has 0 fully saturated rings. The van der Waals surface area contributed by atoms with Crippen molar-refractivity contribution in [1.82, 2.24) is 10.3 Å². The highest BCUT2D eigenvalue weighted by Gasteiger charge is 2.26. The molecule has 140 valence electrons. The second-order valence-electron chi connectivity index (χ2n) is 7.75. The van der Waals surface area contributed by atoms with Gasteiger partial charge in [0.05, 0.1) is 0 Å². The molecule has 0 aliphatic heterocycles. The van der Waals surface area contributed by atoms with Crippen LogP contribution in [0.2, 0.25) is 0 Å². The molecular formula is C23H26N2O2. The molecule has 1 heterocycles. The van der Waals surface area contributed by atoms with E-state index in [0.29, 0.717) is 0 Å². The Morgan fingerprint density at radius 3 is 2.70 bits per heavy atom. The summed E-state index contributed by atoms with van der Waals surface area (Å²) in [4.78, 5) is 15.9. The fourth-order valence-corrected chi connectivity index (χ4v) is 4.05. The van der Waals surface area contributed by atoms with E-state index in [4.69, 9.17) is 4.74 Å². The lowest BCUT2D eigenvalue weighted by Crippen LogP contribution is -2.38. The second-order valence-corrected chi connectivity index (χ2v) is 7.75. The molecule has 0 saturated carbocycles. The third kappa shape index (κ3) is 3.32. The fraction of sp³-hybridized carbons (Fsp3) is 0.348. The fourth-order valence-electron chi connectivity index (χ4n) is 4.05. The number of aryl methyl sites for hydroxylation is 3. The van der Waals surface area contributed by atoms with Crippen molar-refractivity contribution in [3.8, 4) is 5.75 Å². The van der Waals surface area contributed by atoms with E-state index in [-0.39, 0.29) is 18.6 Å². The van der Waals surface area contributed by atoms with Gasteiger partial charge in [0.2, 0.25) is 0 Å². The van der Waals surface area contributed by atoms with Gasteiger partial charge in [-0.25, -0.2) is 0 Å². The molecule has 0 radical (unpaired) electrons. The molecule has 3 aromatic rings. The van der Waals surface area contributed by atoms with E-state index in [1.54, 1.807) is 0 Å². The SMILES string of the molecule is Cc1ccc2[nH]c3c(c2c1)CC(NC(=O)COc1c(C)ccc(C)c1C)C3. The zero-order valence-electron chi connectivity index (χ0n) is 16.4. The first-order chi connectivity index (χ1) is 12.9. The Bertz CT molecular complexity index is 1030. The van der Waals surface area contributed by atoms with E-state index in [0.717, 1.165) is 29.7 Å². The van der Waals surface area contributed by atoms with Crippen LogP contribution in [0.5, 0.6) is 5.75 Å². The number of carbonyl (C=O) groups excluding carboxylic acids is 1. The molecule has 1 atom stereocenters. The van der Waals surface area contributed by atoms with E-state index in [1.165, 1.54) is 33.3 Å². The highest BCUT2D eigenvalue weighted by Crippen LogP contribution is 2.31. The Labute approximate surface area is 159 Å². The molecule has 2 aromatic carbocycles. The van der Waals surface area contributed by atoms with Crippen molar-refractivity contribution in [3.63, 3.8) is 0 Å². The van der Waals surface area contributed by atoms with Crippen molar-refractivity contribution in [3.05, 3.63) is 63.8 Å². The molecule has 1 unspecified atom stereocenters. The predicted molar refractivity (Wildman–Crippen MR) is 109 cm³/mol. The minimum absolute atomic E-state index is 0.0510. The smallest absolute Gasteiger partial charge is 0.258 e. The zero-order chi connectivity index (χ0) is 19.1. The van der Waals surface area contributed by atoms with E-state index in [2.05, 4.69) is 48.4 Å². The van der Waals surface area contributed by atoms with Crippen LogP contribution < -0.4 is 10.1 Å². The molecule has 4 heteroatoms. The third-order valence-corrected chi connectivity index (χ3v) is 5.64. The van der Waals surface area contributed by atoms with Gasteiger partial charge in [-0.2, -0.15) is 0 Å². The number of fused-ring (bicyclic) bond motifs is 3. The van der Waals surface area contributed by atoms with E-state index in [1.807, 2.05) is 19.9 Å². The summed E-state index contributed by atoms with van der Waals surface area (Å²) in [5.41, 5.74) is 8.35. The summed E-state index contributed by atoms with van der Waals surface area (Å²) in [5, 5.41) is 4.41. The quantitative estimate of drug-likeness (QED) is 0.735. The van der Waals surface area contributed by atoms with Gasteiger partial charge in [-0.3, -0.25) is 4.79 Å². The van der Waals surface area contributed by atoms with Crippen molar-refractivity contribution < 1.29 is 9.53 Å². The topological polar surface area (TPSA) is 54.1 Å². The average Bonchev–Trinajstić information content (AvgIpc) is 3.15. The van der Waals surface area contributed by atoms with Crippen molar-refractivity contribution in [2.45, 2.75) is 46.6 Å². The van der Waals surface area contributed by atoms with Crippen LogP contribution in [0.3, 0.4) is 0 Å². The van der Waals surface area contributed by atoms with Crippen LogP contribution in [0.25, 0.3) is 10.9 Å². The van der Waals surface area contributed by atoms with Crippen molar-refractivity contribution in [2.75, 3.05) is 6.61 Å². The van der Waals surface area contributed by atoms with Crippen LogP contribution in [0.1, 0.15) is 33.5 Å². The number of rotatable bonds is 4. The molecule has 4 nitrogen and oxygen atoms in total. The number of hydrogen-bond acceptors (Lipinski definition) is 2. The predicted octanol–water partition coefficient (Wildman–Crippen LogP) is 4.06. The summed E-state index contributed by atoms with van der Waals surface area (Å²) in [6.07, 6.45) is 1.71. The monoisotopic (exact) mass is 362 g/mol. The van der Waals surface area contributed by atoms with Crippen LogP contribution in [0.4, 0.5) is 0 Å². The second kappa shape index (κ2) is 6.76. The average molecular weight is 362 g/mol. The van der Waals surface area contributed by atoms with Crippen LogP contribution in [-0.4, -0.2) is 23.5 Å². The highest BCUT2D eigenvalue weighted by atomic mass is 16.5. The number of H-pyrrole nitrogens is 1.